The van der Waals surface area contributed by atoms with Crippen LogP contribution in [0.3, 0.4) is 0 Å². The molecule has 1 N–H and O–H groups in total. The van der Waals surface area contributed by atoms with Gasteiger partial charge in [0, 0.05) is 12.8 Å². The van der Waals surface area contributed by atoms with Gasteiger partial charge in [-0.2, -0.15) is 0 Å². The van der Waals surface area contributed by atoms with Gasteiger partial charge >= 0.3 is 19.8 Å². The van der Waals surface area contributed by atoms with E-state index in [1.807, 2.05) is 21.1 Å². The molecule has 9 nitrogen and oxygen atoms in total. The zero-order chi connectivity index (χ0) is 38.6. The van der Waals surface area contributed by atoms with Crippen LogP contribution in [0.4, 0.5) is 0 Å². The molecular weight excluding hydrogens is 677 g/mol. The van der Waals surface area contributed by atoms with Crippen molar-refractivity contribution in [2.45, 2.75) is 187 Å². The fourth-order valence-electron chi connectivity index (χ4n) is 5.59. The Morgan fingerprint density at radius 2 is 0.981 bits per heavy atom. The second-order valence-electron chi connectivity index (χ2n) is 15.4. The Morgan fingerprint density at radius 1 is 0.577 bits per heavy atom. The number of nitrogens with zero attached hydrogens (tertiary/aromatic N) is 1. The summed E-state index contributed by atoms with van der Waals surface area (Å²) >= 11 is 0. The van der Waals surface area contributed by atoms with Crippen LogP contribution in [-0.4, -0.2) is 74.9 Å². The van der Waals surface area contributed by atoms with Gasteiger partial charge in [0.2, 0.25) is 0 Å². The first-order valence-corrected chi connectivity index (χ1v) is 22.6. The number of rotatable bonds is 38. The summed E-state index contributed by atoms with van der Waals surface area (Å²) < 4.78 is 34.2. The number of carbonyl (C=O) groups is 2. The summed E-state index contributed by atoms with van der Waals surface area (Å²) in [4.78, 5) is 35.3. The number of hydrogen-bond donors (Lipinski definition) is 1. The molecule has 0 aliphatic carbocycles. The molecule has 0 heterocycles. The Hall–Kier alpha value is -1.51. The van der Waals surface area contributed by atoms with Crippen molar-refractivity contribution in [1.82, 2.24) is 0 Å². The number of phosphoric ester groups is 1. The zero-order valence-corrected chi connectivity index (χ0v) is 35.2. The molecule has 52 heavy (non-hydrogen) atoms. The van der Waals surface area contributed by atoms with Crippen LogP contribution < -0.4 is 0 Å². The molecule has 0 aromatic heterocycles. The molecule has 10 heteroatoms. The highest BCUT2D eigenvalue weighted by atomic mass is 31.2. The summed E-state index contributed by atoms with van der Waals surface area (Å²) in [6, 6.07) is 0. The topological polar surface area (TPSA) is 108 Å². The van der Waals surface area contributed by atoms with E-state index in [0.29, 0.717) is 17.4 Å². The number of allylic oxidation sites excluding steroid dienone is 4. The Balaban J connectivity index is 4.39. The van der Waals surface area contributed by atoms with E-state index < -0.39 is 26.5 Å². The van der Waals surface area contributed by atoms with E-state index >= 15 is 0 Å². The highest BCUT2D eigenvalue weighted by molar-refractivity contribution is 7.47. The molecule has 0 aliphatic rings. The molecule has 0 saturated heterocycles. The molecule has 1 unspecified atom stereocenters. The summed E-state index contributed by atoms with van der Waals surface area (Å²) in [5.41, 5.74) is 0. The molecule has 0 saturated carbocycles. The first-order chi connectivity index (χ1) is 25.0. The van der Waals surface area contributed by atoms with Gasteiger partial charge in [-0.3, -0.25) is 18.6 Å². The minimum Gasteiger partial charge on any atom is -0.462 e. The van der Waals surface area contributed by atoms with Crippen molar-refractivity contribution in [3.05, 3.63) is 24.3 Å². The molecule has 0 fully saturated rings. The minimum atomic E-state index is -4.37. The largest absolute Gasteiger partial charge is 0.472 e. The number of quaternary nitrogens is 1. The maximum absolute atomic E-state index is 12.6. The second-order valence-corrected chi connectivity index (χ2v) is 16.8. The molecule has 0 radical (unpaired) electrons. The predicted molar refractivity (Wildman–Crippen MR) is 215 cm³/mol. The normalized spacial score (nSPS) is 13.9. The van der Waals surface area contributed by atoms with Crippen LogP contribution in [0, 0.1) is 0 Å². The molecule has 0 aromatic carbocycles. The maximum Gasteiger partial charge on any atom is 0.472 e. The molecule has 0 spiro atoms. The SMILES string of the molecule is CCCCCC/C=C/CCCCCCCCCC(=O)OC[C@H](COP(=O)(O)OCC[N+](C)(C)C)OC(=O)CCCCCCC/C=C/CCCCCC. The van der Waals surface area contributed by atoms with Gasteiger partial charge in [-0.15, -0.1) is 0 Å². The van der Waals surface area contributed by atoms with Crippen LogP contribution in [0.5, 0.6) is 0 Å². The van der Waals surface area contributed by atoms with E-state index in [4.69, 9.17) is 18.5 Å². The van der Waals surface area contributed by atoms with E-state index in [-0.39, 0.29) is 32.0 Å². The number of phosphoric acid groups is 1. The van der Waals surface area contributed by atoms with Crippen molar-refractivity contribution in [2.75, 3.05) is 47.5 Å². The Labute approximate surface area is 319 Å². The highest BCUT2D eigenvalue weighted by Crippen LogP contribution is 2.43. The molecule has 0 amide bonds. The van der Waals surface area contributed by atoms with Gasteiger partial charge in [-0.25, -0.2) is 4.57 Å². The van der Waals surface area contributed by atoms with Crippen LogP contribution in [0.15, 0.2) is 24.3 Å². The zero-order valence-electron chi connectivity index (χ0n) is 34.3. The lowest BCUT2D eigenvalue weighted by atomic mass is 10.1. The molecule has 0 aromatic rings. The molecule has 0 aliphatic heterocycles. The van der Waals surface area contributed by atoms with Crippen molar-refractivity contribution in [1.29, 1.82) is 0 Å². The van der Waals surface area contributed by atoms with E-state index in [9.17, 15) is 19.0 Å². The standard InChI is InChI=1S/C42H80NO8P/c1-6-8-10-12-14-16-18-20-21-23-24-26-28-30-32-34-41(44)48-38-40(39-50-52(46,47)49-37-36-43(3,4)5)51-42(45)35-33-31-29-27-25-22-19-17-15-13-11-9-7-2/h16-19,40H,6-15,20-39H2,1-5H3/p+1/b18-16+,19-17+/t40-/m1/s1. The first kappa shape index (κ1) is 50.5. The second kappa shape index (κ2) is 35.2. The third-order valence-corrected chi connectivity index (χ3v) is 9.94. The Kier molecular flexibility index (Phi) is 34.2. The quantitative estimate of drug-likeness (QED) is 0.0218. The number of hydrogen-bond acceptors (Lipinski definition) is 7. The van der Waals surface area contributed by atoms with E-state index in [2.05, 4.69) is 38.2 Å². The van der Waals surface area contributed by atoms with Gasteiger partial charge in [-0.05, 0) is 64.2 Å². The van der Waals surface area contributed by atoms with Crippen molar-refractivity contribution < 1.29 is 42.1 Å². The van der Waals surface area contributed by atoms with E-state index in [0.717, 1.165) is 57.8 Å². The number of likely N-dealkylation sites (N-methyl/N-ethyl adjacent to an activating group) is 1. The third-order valence-electron chi connectivity index (χ3n) is 8.95. The molecule has 0 bridgehead atoms. The Bertz CT molecular complexity index is 949. The predicted octanol–water partition coefficient (Wildman–Crippen LogP) is 11.6. The third kappa shape index (κ3) is 38.2. The van der Waals surface area contributed by atoms with Gasteiger partial charge in [0.05, 0.1) is 27.7 Å². The monoisotopic (exact) mass is 759 g/mol. The van der Waals surface area contributed by atoms with Crippen LogP contribution in [0.1, 0.15) is 181 Å². The average molecular weight is 759 g/mol. The van der Waals surface area contributed by atoms with Crippen LogP contribution in [0.2, 0.25) is 0 Å². The maximum atomic E-state index is 12.6. The molecule has 306 valence electrons. The smallest absolute Gasteiger partial charge is 0.462 e. The lowest BCUT2D eigenvalue weighted by molar-refractivity contribution is -0.870. The molecule has 0 rings (SSSR count). The fourth-order valence-corrected chi connectivity index (χ4v) is 6.33. The summed E-state index contributed by atoms with van der Waals surface area (Å²) in [5.74, 6) is -0.812. The number of unbranched alkanes of at least 4 members (excludes halogenated alkanes) is 20. The van der Waals surface area contributed by atoms with Crippen molar-refractivity contribution >= 4 is 19.8 Å². The minimum absolute atomic E-state index is 0.0304. The van der Waals surface area contributed by atoms with Gasteiger partial charge in [0.25, 0.3) is 0 Å². The lowest BCUT2D eigenvalue weighted by Crippen LogP contribution is -2.37. The molecular formula is C42H81NO8P+. The Morgan fingerprint density at radius 3 is 1.42 bits per heavy atom. The van der Waals surface area contributed by atoms with Gasteiger partial charge < -0.3 is 18.9 Å². The van der Waals surface area contributed by atoms with Crippen molar-refractivity contribution in [3.63, 3.8) is 0 Å². The van der Waals surface area contributed by atoms with E-state index in [1.165, 1.54) is 89.9 Å². The fraction of sp³-hybridized carbons (Fsp3) is 0.857. The van der Waals surface area contributed by atoms with Gasteiger partial charge in [0.15, 0.2) is 6.10 Å². The van der Waals surface area contributed by atoms with Crippen LogP contribution >= 0.6 is 7.82 Å². The number of ether oxygens (including phenoxy) is 2. The first-order valence-electron chi connectivity index (χ1n) is 21.1. The van der Waals surface area contributed by atoms with Crippen molar-refractivity contribution in [3.8, 4) is 0 Å². The van der Waals surface area contributed by atoms with Crippen LogP contribution in [0.25, 0.3) is 0 Å². The molecule has 2 atom stereocenters. The number of carbonyl (C=O) groups excluding carboxylic acids is 2. The van der Waals surface area contributed by atoms with Gasteiger partial charge in [0.1, 0.15) is 19.8 Å². The average Bonchev–Trinajstić information content (AvgIpc) is 3.09. The summed E-state index contributed by atoms with van der Waals surface area (Å²) in [6.07, 6.45) is 36.4. The van der Waals surface area contributed by atoms with Crippen LogP contribution in [-0.2, 0) is 32.7 Å². The summed E-state index contributed by atoms with van der Waals surface area (Å²) in [7, 11) is 1.47. The van der Waals surface area contributed by atoms with E-state index in [1.54, 1.807) is 0 Å². The highest BCUT2D eigenvalue weighted by Gasteiger charge is 2.27. The lowest BCUT2D eigenvalue weighted by Gasteiger charge is -2.24. The number of esters is 2. The summed E-state index contributed by atoms with van der Waals surface area (Å²) in [6.45, 7) is 4.38. The summed E-state index contributed by atoms with van der Waals surface area (Å²) in [5, 5.41) is 0. The van der Waals surface area contributed by atoms with Gasteiger partial charge in [-0.1, -0.05) is 128 Å². The van der Waals surface area contributed by atoms with Crippen molar-refractivity contribution in [2.24, 2.45) is 0 Å².